The molecule has 0 unspecified atom stereocenters. The average Bonchev–Trinajstić information content (AvgIpc) is 2.81. The number of anilines is 1. The molecule has 4 N–H and O–H groups in total. The normalized spacial score (nSPS) is 10.7. The molecule has 0 atom stereocenters. The van der Waals surface area contributed by atoms with Gasteiger partial charge in [0, 0.05) is 22.3 Å². The maximum Gasteiger partial charge on any atom is 0.247 e. The van der Waals surface area contributed by atoms with E-state index in [2.05, 4.69) is 31.1 Å². The van der Waals surface area contributed by atoms with Gasteiger partial charge in [-0.3, -0.25) is 9.89 Å². The number of pyridine rings is 1. The first-order chi connectivity index (χ1) is 9.65. The van der Waals surface area contributed by atoms with Crippen LogP contribution in [0.15, 0.2) is 51.9 Å². The van der Waals surface area contributed by atoms with Crippen LogP contribution in [-0.2, 0) is 0 Å². The molecule has 0 aliphatic rings. The van der Waals surface area contributed by atoms with Gasteiger partial charge in [0.1, 0.15) is 0 Å². The molecule has 2 heterocycles. The fraction of sp³-hybridized carbons (Fsp3) is 0. The molecule has 6 heteroatoms. The number of hydrogen-bond acceptors (Lipinski definition) is 3. The zero-order valence-electron chi connectivity index (χ0n) is 10.4. The number of aromatic amines is 2. The van der Waals surface area contributed by atoms with Crippen LogP contribution in [0, 0.1) is 0 Å². The second-order valence-electron chi connectivity index (χ2n) is 4.31. The van der Waals surface area contributed by atoms with E-state index in [1.54, 1.807) is 12.3 Å². The summed E-state index contributed by atoms with van der Waals surface area (Å²) in [5.74, 6) is 0.421. The van der Waals surface area contributed by atoms with E-state index in [-0.39, 0.29) is 5.56 Å². The summed E-state index contributed by atoms with van der Waals surface area (Å²) in [6.45, 7) is 0. The molecular formula is C14H11BrN4O. The molecule has 100 valence electrons. The summed E-state index contributed by atoms with van der Waals surface area (Å²) in [5.41, 5.74) is 9.18. The van der Waals surface area contributed by atoms with Crippen molar-refractivity contribution in [3.05, 3.63) is 57.4 Å². The molecule has 0 saturated heterocycles. The molecule has 2 aromatic heterocycles. The van der Waals surface area contributed by atoms with Crippen LogP contribution in [0.1, 0.15) is 0 Å². The lowest BCUT2D eigenvalue weighted by atomic mass is 10.0. The highest BCUT2D eigenvalue weighted by Gasteiger charge is 2.14. The Morgan fingerprint density at radius 1 is 1.15 bits per heavy atom. The first-order valence-corrected chi connectivity index (χ1v) is 6.73. The van der Waals surface area contributed by atoms with Gasteiger partial charge in [-0.15, -0.1) is 0 Å². The zero-order chi connectivity index (χ0) is 14.1. The van der Waals surface area contributed by atoms with Crippen molar-refractivity contribution >= 4 is 21.7 Å². The number of nitrogens with zero attached hydrogens (tertiary/aromatic N) is 1. The molecular weight excluding hydrogens is 320 g/mol. The van der Waals surface area contributed by atoms with Crippen LogP contribution >= 0.6 is 15.9 Å². The van der Waals surface area contributed by atoms with Gasteiger partial charge in [0.05, 0.1) is 11.3 Å². The number of nitrogen functional groups attached to an aromatic ring is 1. The summed E-state index contributed by atoms with van der Waals surface area (Å²) >= 11 is 3.44. The van der Waals surface area contributed by atoms with E-state index in [1.165, 1.54) is 6.07 Å². The number of nitrogens with two attached hydrogens (primary N) is 1. The Morgan fingerprint density at radius 3 is 2.70 bits per heavy atom. The smallest absolute Gasteiger partial charge is 0.247 e. The number of halogens is 1. The molecule has 0 aliphatic carbocycles. The minimum Gasteiger partial charge on any atom is -0.382 e. The number of rotatable bonds is 2. The van der Waals surface area contributed by atoms with Crippen LogP contribution < -0.4 is 11.3 Å². The van der Waals surface area contributed by atoms with Crippen LogP contribution in [0.4, 0.5) is 5.82 Å². The summed E-state index contributed by atoms with van der Waals surface area (Å²) in [5, 5.41) is 6.98. The van der Waals surface area contributed by atoms with E-state index in [0.29, 0.717) is 5.82 Å². The predicted molar refractivity (Wildman–Crippen MR) is 82.2 cm³/mol. The van der Waals surface area contributed by atoms with Crippen LogP contribution in [-0.4, -0.2) is 15.2 Å². The van der Waals surface area contributed by atoms with Crippen molar-refractivity contribution in [3.63, 3.8) is 0 Å². The highest BCUT2D eigenvalue weighted by Crippen LogP contribution is 2.35. The maximum atomic E-state index is 11.1. The van der Waals surface area contributed by atoms with E-state index >= 15 is 0 Å². The van der Waals surface area contributed by atoms with Gasteiger partial charge in [0.2, 0.25) is 5.56 Å². The summed E-state index contributed by atoms with van der Waals surface area (Å²) < 4.78 is 0.961. The Balaban J connectivity index is 2.19. The molecule has 5 nitrogen and oxygen atoms in total. The largest absolute Gasteiger partial charge is 0.382 e. The van der Waals surface area contributed by atoms with Crippen molar-refractivity contribution in [1.29, 1.82) is 0 Å². The molecule has 0 radical (unpaired) electrons. The van der Waals surface area contributed by atoms with E-state index in [9.17, 15) is 4.79 Å². The van der Waals surface area contributed by atoms with Crippen molar-refractivity contribution in [1.82, 2.24) is 15.2 Å². The van der Waals surface area contributed by atoms with Crippen LogP contribution in [0.25, 0.3) is 22.4 Å². The van der Waals surface area contributed by atoms with Crippen molar-refractivity contribution < 1.29 is 0 Å². The van der Waals surface area contributed by atoms with Crippen molar-refractivity contribution in [2.45, 2.75) is 0 Å². The first-order valence-electron chi connectivity index (χ1n) is 5.94. The molecule has 3 rings (SSSR count). The first kappa shape index (κ1) is 12.7. The Kier molecular flexibility index (Phi) is 3.15. The third-order valence-electron chi connectivity index (χ3n) is 2.98. The fourth-order valence-electron chi connectivity index (χ4n) is 2.07. The van der Waals surface area contributed by atoms with Gasteiger partial charge in [-0.05, 0) is 23.8 Å². The highest BCUT2D eigenvalue weighted by atomic mass is 79.9. The number of aromatic nitrogens is 3. The molecule has 0 bridgehead atoms. The second-order valence-corrected chi connectivity index (χ2v) is 5.23. The third-order valence-corrected chi connectivity index (χ3v) is 3.47. The summed E-state index contributed by atoms with van der Waals surface area (Å²) in [4.78, 5) is 13.8. The zero-order valence-corrected chi connectivity index (χ0v) is 11.9. The van der Waals surface area contributed by atoms with Gasteiger partial charge in [-0.25, -0.2) is 0 Å². The molecule has 3 aromatic rings. The van der Waals surface area contributed by atoms with Gasteiger partial charge >= 0.3 is 0 Å². The molecule has 0 fully saturated rings. The number of H-pyrrole nitrogens is 2. The van der Waals surface area contributed by atoms with Gasteiger partial charge in [-0.1, -0.05) is 28.1 Å². The second kappa shape index (κ2) is 4.97. The predicted octanol–water partition coefficient (Wildman–Crippen LogP) is 2.78. The van der Waals surface area contributed by atoms with Crippen LogP contribution in [0.5, 0.6) is 0 Å². The Bertz CT molecular complexity index is 802. The van der Waals surface area contributed by atoms with Crippen LogP contribution in [0.2, 0.25) is 0 Å². The van der Waals surface area contributed by atoms with Crippen molar-refractivity contribution in [3.8, 4) is 22.4 Å². The lowest BCUT2D eigenvalue weighted by Gasteiger charge is -2.05. The van der Waals surface area contributed by atoms with Crippen molar-refractivity contribution in [2.24, 2.45) is 0 Å². The quantitative estimate of drug-likeness (QED) is 0.675. The molecule has 0 amide bonds. The molecule has 0 saturated carbocycles. The SMILES string of the molecule is Nc1n[nH]c(-c2ccc(=O)[nH]c2)c1-c1cccc(Br)c1. The standard InChI is InChI=1S/C14H11BrN4O/c15-10-3-1-2-8(6-10)12-13(18-19-14(12)16)9-4-5-11(20)17-7-9/h1-7H,(H,17,20)(H3,16,18,19). The Morgan fingerprint density at radius 2 is 2.00 bits per heavy atom. The third kappa shape index (κ3) is 2.25. The lowest BCUT2D eigenvalue weighted by molar-refractivity contribution is 1.10. The van der Waals surface area contributed by atoms with Crippen molar-refractivity contribution in [2.75, 3.05) is 5.73 Å². The van der Waals surface area contributed by atoms with E-state index < -0.39 is 0 Å². The number of nitrogens with one attached hydrogen (secondary N) is 2. The molecule has 0 spiro atoms. The van der Waals surface area contributed by atoms with Gasteiger partial charge in [0.25, 0.3) is 0 Å². The summed E-state index contributed by atoms with van der Waals surface area (Å²) in [6.07, 6.45) is 1.64. The van der Waals surface area contributed by atoms with E-state index in [0.717, 1.165) is 26.9 Å². The number of benzene rings is 1. The summed E-state index contributed by atoms with van der Waals surface area (Å²) in [6, 6.07) is 11.0. The minimum absolute atomic E-state index is 0.148. The molecule has 0 aliphatic heterocycles. The number of hydrogen-bond donors (Lipinski definition) is 3. The Hall–Kier alpha value is -2.34. The van der Waals surface area contributed by atoms with Crippen LogP contribution in [0.3, 0.4) is 0 Å². The summed E-state index contributed by atoms with van der Waals surface area (Å²) in [7, 11) is 0. The lowest BCUT2D eigenvalue weighted by Crippen LogP contribution is -2.01. The van der Waals surface area contributed by atoms with Gasteiger partial charge in [0.15, 0.2) is 5.82 Å². The molecule has 1 aromatic carbocycles. The Labute approximate surface area is 123 Å². The maximum absolute atomic E-state index is 11.1. The topological polar surface area (TPSA) is 87.6 Å². The highest BCUT2D eigenvalue weighted by molar-refractivity contribution is 9.10. The van der Waals surface area contributed by atoms with Gasteiger partial charge < -0.3 is 10.7 Å². The van der Waals surface area contributed by atoms with E-state index in [4.69, 9.17) is 5.73 Å². The van der Waals surface area contributed by atoms with E-state index in [1.807, 2.05) is 24.3 Å². The minimum atomic E-state index is -0.148. The molecule has 20 heavy (non-hydrogen) atoms. The monoisotopic (exact) mass is 330 g/mol. The fourth-order valence-corrected chi connectivity index (χ4v) is 2.47. The average molecular weight is 331 g/mol. The van der Waals surface area contributed by atoms with Gasteiger partial charge in [-0.2, -0.15) is 5.10 Å².